The van der Waals surface area contributed by atoms with E-state index in [1.807, 2.05) is 35.2 Å². The van der Waals surface area contributed by atoms with Crippen LogP contribution in [0.5, 0.6) is 0 Å². The predicted molar refractivity (Wildman–Crippen MR) is 124 cm³/mol. The fourth-order valence-electron chi connectivity index (χ4n) is 3.96. The smallest absolute Gasteiger partial charge is 0.254 e. The molecule has 2 aromatic heterocycles. The van der Waals surface area contributed by atoms with Crippen LogP contribution < -0.4 is 5.32 Å². The topological polar surface area (TPSA) is 83.1 Å². The Morgan fingerprint density at radius 1 is 1.24 bits per heavy atom. The molecule has 1 amide bonds. The molecule has 1 saturated heterocycles. The molecule has 0 radical (unpaired) electrons. The van der Waals surface area contributed by atoms with E-state index >= 15 is 0 Å². The highest BCUT2D eigenvalue weighted by atomic mass is 35.5. The van der Waals surface area contributed by atoms with Gasteiger partial charge in [-0.2, -0.15) is 5.10 Å². The molecule has 5 rings (SSSR count). The van der Waals surface area contributed by atoms with Crippen molar-refractivity contribution in [2.45, 2.75) is 12.6 Å². The van der Waals surface area contributed by atoms with Crippen molar-refractivity contribution >= 4 is 34.1 Å². The number of morpholine rings is 1. The van der Waals surface area contributed by atoms with E-state index in [1.165, 1.54) is 6.07 Å². The van der Waals surface area contributed by atoms with Crippen LogP contribution in [0, 0.1) is 5.82 Å². The van der Waals surface area contributed by atoms with E-state index in [-0.39, 0.29) is 11.7 Å². The molecule has 7 nitrogen and oxygen atoms in total. The van der Waals surface area contributed by atoms with Crippen molar-refractivity contribution in [3.63, 3.8) is 0 Å². The number of anilines is 1. The van der Waals surface area contributed by atoms with E-state index in [1.54, 1.807) is 24.5 Å². The molecule has 168 valence electrons. The molecule has 1 aliphatic rings. The third-order valence-corrected chi connectivity index (χ3v) is 6.02. The van der Waals surface area contributed by atoms with Gasteiger partial charge in [0.1, 0.15) is 17.6 Å². The number of ether oxygens (including phenoxy) is 1. The zero-order valence-electron chi connectivity index (χ0n) is 17.6. The van der Waals surface area contributed by atoms with Crippen molar-refractivity contribution < 1.29 is 13.9 Å². The monoisotopic (exact) mass is 465 g/mol. The van der Waals surface area contributed by atoms with Crippen LogP contribution in [0.1, 0.15) is 5.56 Å². The predicted octanol–water partition coefficient (Wildman–Crippen LogP) is 4.26. The van der Waals surface area contributed by atoms with Crippen molar-refractivity contribution in [3.05, 3.63) is 77.3 Å². The molecule has 9 heteroatoms. The molecule has 2 aromatic carbocycles. The number of hydrogen-bond donors (Lipinski definition) is 2. The maximum Gasteiger partial charge on any atom is 0.254 e. The Kier molecular flexibility index (Phi) is 6.04. The molecule has 4 aromatic rings. The highest BCUT2D eigenvalue weighted by Gasteiger charge is 2.28. The minimum absolute atomic E-state index is 0.257. The van der Waals surface area contributed by atoms with Crippen LogP contribution in [-0.2, 0) is 16.1 Å². The molecular formula is C24H21ClFN5O2. The Balaban J connectivity index is 1.30. The van der Waals surface area contributed by atoms with Gasteiger partial charge in [0.25, 0.3) is 5.91 Å². The zero-order chi connectivity index (χ0) is 22.8. The average Bonchev–Trinajstić information content (AvgIpc) is 3.26. The summed E-state index contributed by atoms with van der Waals surface area (Å²) in [4.78, 5) is 19.0. The normalized spacial score (nSPS) is 16.7. The lowest BCUT2D eigenvalue weighted by atomic mass is 10.1. The first-order valence-corrected chi connectivity index (χ1v) is 10.9. The van der Waals surface area contributed by atoms with Crippen LogP contribution in [0.4, 0.5) is 10.1 Å². The molecule has 2 N–H and O–H groups in total. The number of aromatic amines is 1. The molecular weight excluding hydrogens is 445 g/mol. The van der Waals surface area contributed by atoms with E-state index in [2.05, 4.69) is 20.5 Å². The number of nitrogens with zero attached hydrogens (tertiary/aromatic N) is 3. The largest absolute Gasteiger partial charge is 0.366 e. The van der Waals surface area contributed by atoms with Gasteiger partial charge in [-0.15, -0.1) is 0 Å². The van der Waals surface area contributed by atoms with Gasteiger partial charge < -0.3 is 10.1 Å². The molecule has 1 aliphatic heterocycles. The number of hydrogen-bond acceptors (Lipinski definition) is 5. The first kappa shape index (κ1) is 21.5. The van der Waals surface area contributed by atoms with Gasteiger partial charge in [-0.1, -0.05) is 17.7 Å². The molecule has 0 aliphatic carbocycles. The first-order valence-electron chi connectivity index (χ1n) is 10.5. The van der Waals surface area contributed by atoms with Crippen LogP contribution in [-0.4, -0.2) is 51.8 Å². The quantitative estimate of drug-likeness (QED) is 0.460. The van der Waals surface area contributed by atoms with Gasteiger partial charge in [0.2, 0.25) is 0 Å². The highest BCUT2D eigenvalue weighted by Crippen LogP contribution is 2.28. The minimum Gasteiger partial charge on any atom is -0.366 e. The van der Waals surface area contributed by atoms with Crippen molar-refractivity contribution in [1.29, 1.82) is 0 Å². The molecule has 1 unspecified atom stereocenters. The van der Waals surface area contributed by atoms with Crippen molar-refractivity contribution in [2.75, 3.05) is 25.0 Å². The summed E-state index contributed by atoms with van der Waals surface area (Å²) in [5, 5.41) is 11.6. The fraction of sp³-hybridized carbons (Fsp3) is 0.208. The molecule has 0 saturated carbocycles. The van der Waals surface area contributed by atoms with Gasteiger partial charge in [0.05, 0.1) is 12.1 Å². The number of H-pyrrole nitrogens is 1. The summed E-state index contributed by atoms with van der Waals surface area (Å²) in [5.41, 5.74) is 3.64. The summed E-state index contributed by atoms with van der Waals surface area (Å²) in [6.45, 7) is 1.61. The van der Waals surface area contributed by atoms with E-state index in [0.717, 1.165) is 22.2 Å². The number of pyridine rings is 1. The summed E-state index contributed by atoms with van der Waals surface area (Å²) in [7, 11) is 0. The van der Waals surface area contributed by atoms with Crippen LogP contribution >= 0.6 is 11.6 Å². The number of aromatic nitrogens is 3. The minimum atomic E-state index is -0.677. The number of benzene rings is 2. The maximum absolute atomic E-state index is 14.2. The Morgan fingerprint density at radius 3 is 2.91 bits per heavy atom. The Labute approximate surface area is 194 Å². The molecule has 3 heterocycles. The third-order valence-electron chi connectivity index (χ3n) is 5.67. The van der Waals surface area contributed by atoms with Gasteiger partial charge in [0.15, 0.2) is 0 Å². The Bertz CT molecular complexity index is 1280. The Morgan fingerprint density at radius 2 is 2.09 bits per heavy atom. The lowest BCUT2D eigenvalue weighted by Crippen LogP contribution is -2.47. The van der Waals surface area contributed by atoms with Crippen LogP contribution in [0.15, 0.2) is 60.9 Å². The average molecular weight is 466 g/mol. The second kappa shape index (κ2) is 9.27. The summed E-state index contributed by atoms with van der Waals surface area (Å²) < 4.78 is 19.9. The third kappa shape index (κ3) is 4.59. The standard InChI is InChI=1S/C24H21ClFN5O2/c25-19-2-1-3-20(26)18(19)13-31-10-11-33-22(14-31)24(32)28-16-4-5-21-17(12-16)23(30-29-21)15-6-8-27-9-7-15/h1-9,12,22H,10-11,13-14H2,(H,28,32)(H,29,30). The zero-order valence-corrected chi connectivity index (χ0v) is 18.3. The molecule has 1 atom stereocenters. The van der Waals surface area contributed by atoms with Crippen molar-refractivity contribution in [3.8, 4) is 11.3 Å². The van der Waals surface area contributed by atoms with Crippen molar-refractivity contribution in [2.24, 2.45) is 0 Å². The SMILES string of the molecule is O=C(Nc1ccc2[nH]nc(-c3ccncc3)c2c1)C1CN(Cc2c(F)cccc2Cl)CCO1. The fourth-order valence-corrected chi connectivity index (χ4v) is 4.18. The van der Waals surface area contributed by atoms with Gasteiger partial charge >= 0.3 is 0 Å². The van der Waals surface area contributed by atoms with E-state index in [0.29, 0.717) is 42.5 Å². The first-order chi connectivity index (χ1) is 16.1. The number of nitrogens with one attached hydrogen (secondary N) is 2. The second-order valence-electron chi connectivity index (χ2n) is 7.85. The molecule has 33 heavy (non-hydrogen) atoms. The van der Waals surface area contributed by atoms with Gasteiger partial charge in [-0.25, -0.2) is 4.39 Å². The number of rotatable bonds is 5. The van der Waals surface area contributed by atoms with Crippen LogP contribution in [0.3, 0.4) is 0 Å². The molecule has 1 fully saturated rings. The number of carbonyl (C=O) groups is 1. The summed E-state index contributed by atoms with van der Waals surface area (Å²) in [6, 6.07) is 14.0. The van der Waals surface area contributed by atoms with Gasteiger partial charge in [-0.05, 0) is 42.5 Å². The van der Waals surface area contributed by atoms with E-state index in [9.17, 15) is 9.18 Å². The van der Waals surface area contributed by atoms with Gasteiger partial charge in [0, 0.05) is 59.3 Å². The lowest BCUT2D eigenvalue weighted by molar-refractivity contribution is -0.133. The summed E-state index contributed by atoms with van der Waals surface area (Å²) in [5.74, 6) is -0.610. The van der Waals surface area contributed by atoms with Gasteiger partial charge in [-0.3, -0.25) is 19.8 Å². The number of halogens is 2. The molecule has 0 spiro atoms. The maximum atomic E-state index is 14.2. The van der Waals surface area contributed by atoms with Crippen LogP contribution in [0.25, 0.3) is 22.2 Å². The Hall–Kier alpha value is -3.33. The number of carbonyl (C=O) groups excluding carboxylic acids is 1. The molecule has 0 bridgehead atoms. The van der Waals surface area contributed by atoms with E-state index < -0.39 is 6.10 Å². The second-order valence-corrected chi connectivity index (χ2v) is 8.26. The number of amides is 1. The van der Waals surface area contributed by atoms with Crippen LogP contribution in [0.2, 0.25) is 5.02 Å². The van der Waals surface area contributed by atoms with Crippen molar-refractivity contribution in [1.82, 2.24) is 20.1 Å². The highest BCUT2D eigenvalue weighted by molar-refractivity contribution is 6.31. The lowest BCUT2D eigenvalue weighted by Gasteiger charge is -2.32. The number of fused-ring (bicyclic) bond motifs is 1. The van der Waals surface area contributed by atoms with E-state index in [4.69, 9.17) is 16.3 Å². The summed E-state index contributed by atoms with van der Waals surface area (Å²) in [6.07, 6.45) is 2.74. The summed E-state index contributed by atoms with van der Waals surface area (Å²) >= 11 is 6.16.